The third kappa shape index (κ3) is 3.21. The maximum Gasteiger partial charge on any atom is 0.209 e. The molecular formula is C23H28N+. The molecular weight excluding hydrogens is 290 g/mol. The number of fused-ring (bicyclic) bond motifs is 1. The van der Waals surface area contributed by atoms with Gasteiger partial charge in [0.15, 0.2) is 5.71 Å². The van der Waals surface area contributed by atoms with Gasteiger partial charge in [-0.3, -0.25) is 0 Å². The van der Waals surface area contributed by atoms with Gasteiger partial charge in [0, 0.05) is 25.0 Å². The van der Waals surface area contributed by atoms with E-state index in [1.54, 1.807) is 0 Å². The molecule has 0 radical (unpaired) electrons. The normalized spacial score (nSPS) is 21.1. The molecule has 2 aliphatic rings. The zero-order valence-corrected chi connectivity index (χ0v) is 15.3. The first-order valence-corrected chi connectivity index (χ1v) is 8.93. The van der Waals surface area contributed by atoms with Crippen LogP contribution in [0.3, 0.4) is 0 Å². The molecule has 1 aliphatic heterocycles. The molecule has 0 atom stereocenters. The molecule has 0 amide bonds. The largest absolute Gasteiger partial charge is 0.209 e. The van der Waals surface area contributed by atoms with E-state index in [1.165, 1.54) is 28.1 Å². The van der Waals surface area contributed by atoms with Gasteiger partial charge in [-0.15, -0.1) is 0 Å². The Hall–Kier alpha value is -2.15. The van der Waals surface area contributed by atoms with Crippen LogP contribution in [0.4, 0.5) is 5.69 Å². The molecule has 0 saturated carbocycles. The first-order valence-electron chi connectivity index (χ1n) is 8.93. The highest BCUT2D eigenvalue weighted by Gasteiger charge is 2.42. The van der Waals surface area contributed by atoms with Crippen molar-refractivity contribution in [2.45, 2.75) is 46.0 Å². The van der Waals surface area contributed by atoms with E-state index in [0.29, 0.717) is 0 Å². The van der Waals surface area contributed by atoms with E-state index < -0.39 is 0 Å². The number of allylic oxidation sites excluding steroid dienone is 8. The van der Waals surface area contributed by atoms with Crippen LogP contribution in [0.2, 0.25) is 0 Å². The lowest BCUT2D eigenvalue weighted by atomic mass is 9.82. The van der Waals surface area contributed by atoms with Crippen LogP contribution in [0.5, 0.6) is 0 Å². The van der Waals surface area contributed by atoms with Gasteiger partial charge in [0.2, 0.25) is 5.69 Å². The zero-order valence-electron chi connectivity index (χ0n) is 15.3. The SMILES string of the molecule is CC1=[N+](CCCC2=C/C=C\C=C/C=C2)c2ccc(C)cc2C1(C)C. The summed E-state index contributed by atoms with van der Waals surface area (Å²) in [4.78, 5) is 0. The van der Waals surface area contributed by atoms with E-state index in [4.69, 9.17) is 0 Å². The fourth-order valence-corrected chi connectivity index (χ4v) is 3.60. The van der Waals surface area contributed by atoms with Crippen molar-refractivity contribution in [3.05, 3.63) is 77.4 Å². The van der Waals surface area contributed by atoms with E-state index in [1.807, 2.05) is 0 Å². The first kappa shape index (κ1) is 16.7. The van der Waals surface area contributed by atoms with Crippen molar-refractivity contribution in [2.24, 2.45) is 0 Å². The van der Waals surface area contributed by atoms with Gasteiger partial charge in [-0.2, -0.15) is 4.58 Å². The molecule has 0 spiro atoms. The number of nitrogens with zero attached hydrogens (tertiary/aromatic N) is 1. The summed E-state index contributed by atoms with van der Waals surface area (Å²) in [5, 5.41) is 0. The lowest BCUT2D eigenvalue weighted by Crippen LogP contribution is -2.26. The molecule has 0 unspecified atom stereocenters. The second-order valence-electron chi connectivity index (χ2n) is 7.36. The Kier molecular flexibility index (Phi) is 4.71. The van der Waals surface area contributed by atoms with Crippen LogP contribution in [0, 0.1) is 6.92 Å². The van der Waals surface area contributed by atoms with Gasteiger partial charge >= 0.3 is 0 Å². The molecule has 0 aromatic heterocycles. The van der Waals surface area contributed by atoms with Gasteiger partial charge in [0.05, 0.1) is 5.41 Å². The molecule has 1 heteroatoms. The highest BCUT2D eigenvalue weighted by molar-refractivity contribution is 5.93. The summed E-state index contributed by atoms with van der Waals surface area (Å²) in [5.74, 6) is 0. The van der Waals surface area contributed by atoms with Crippen LogP contribution >= 0.6 is 0 Å². The summed E-state index contributed by atoms with van der Waals surface area (Å²) in [6, 6.07) is 6.89. The van der Waals surface area contributed by atoms with Gasteiger partial charge in [0.1, 0.15) is 6.54 Å². The third-order valence-corrected chi connectivity index (χ3v) is 5.34. The smallest absolute Gasteiger partial charge is 0.199 e. The van der Waals surface area contributed by atoms with Crippen LogP contribution in [0.25, 0.3) is 0 Å². The third-order valence-electron chi connectivity index (χ3n) is 5.34. The van der Waals surface area contributed by atoms with Crippen molar-refractivity contribution >= 4 is 11.4 Å². The van der Waals surface area contributed by atoms with E-state index in [2.05, 4.69) is 93.0 Å². The second-order valence-corrected chi connectivity index (χ2v) is 7.36. The standard InChI is InChI=1S/C23H28N/c1-18-14-15-22-21(17-18)23(3,4)19(2)24(22)16-10-13-20-11-8-6-5-7-9-12-20/h5-9,11-12,14-15,17H,10,13,16H2,1-4H3/q+1/b6-5-,7-5?,8-6?,9-7-,11-8?,12-9?,20-11?,20-12?. The quantitative estimate of drug-likeness (QED) is 0.619. The Morgan fingerprint density at radius 2 is 1.71 bits per heavy atom. The Morgan fingerprint density at radius 3 is 2.54 bits per heavy atom. The number of aryl methyl sites for hydroxylation is 1. The van der Waals surface area contributed by atoms with E-state index in [-0.39, 0.29) is 5.41 Å². The Bertz CT molecular complexity index is 782. The van der Waals surface area contributed by atoms with Crippen LogP contribution in [-0.2, 0) is 5.41 Å². The maximum absolute atomic E-state index is 2.53. The molecule has 3 rings (SSSR count). The number of benzene rings is 1. The van der Waals surface area contributed by atoms with Crippen molar-refractivity contribution in [1.29, 1.82) is 0 Å². The summed E-state index contributed by atoms with van der Waals surface area (Å²) < 4.78 is 2.53. The van der Waals surface area contributed by atoms with Crippen molar-refractivity contribution < 1.29 is 4.58 Å². The van der Waals surface area contributed by atoms with Crippen LogP contribution in [0.1, 0.15) is 44.7 Å². The molecule has 0 fully saturated rings. The lowest BCUT2D eigenvalue weighted by Gasteiger charge is -2.15. The number of hydrogen-bond donors (Lipinski definition) is 0. The van der Waals surface area contributed by atoms with Gasteiger partial charge < -0.3 is 0 Å². The fourth-order valence-electron chi connectivity index (χ4n) is 3.60. The maximum atomic E-state index is 2.53. The lowest BCUT2D eigenvalue weighted by molar-refractivity contribution is -0.439. The monoisotopic (exact) mass is 318 g/mol. The summed E-state index contributed by atoms with van der Waals surface area (Å²) in [6.07, 6.45) is 17.2. The van der Waals surface area contributed by atoms with Gasteiger partial charge in [-0.1, -0.05) is 54.2 Å². The van der Waals surface area contributed by atoms with Gasteiger partial charge in [-0.05, 0) is 38.8 Å². The minimum Gasteiger partial charge on any atom is -0.199 e. The van der Waals surface area contributed by atoms with Crippen molar-refractivity contribution in [2.75, 3.05) is 6.54 Å². The predicted molar refractivity (Wildman–Crippen MR) is 104 cm³/mol. The van der Waals surface area contributed by atoms with E-state index in [0.717, 1.165) is 19.4 Å². The van der Waals surface area contributed by atoms with Crippen molar-refractivity contribution in [3.8, 4) is 0 Å². The Labute approximate surface area is 146 Å². The predicted octanol–water partition coefficient (Wildman–Crippen LogP) is 5.78. The average Bonchev–Trinajstić information content (AvgIpc) is 2.70. The Balaban J connectivity index is 1.75. The fraction of sp³-hybridized carbons (Fsp3) is 0.348. The average molecular weight is 318 g/mol. The van der Waals surface area contributed by atoms with Crippen molar-refractivity contribution in [1.82, 2.24) is 0 Å². The van der Waals surface area contributed by atoms with Crippen LogP contribution in [-0.4, -0.2) is 16.8 Å². The van der Waals surface area contributed by atoms with Gasteiger partial charge in [0.25, 0.3) is 0 Å². The summed E-state index contributed by atoms with van der Waals surface area (Å²) in [5.41, 5.74) is 7.21. The molecule has 0 N–H and O–H groups in total. The Morgan fingerprint density at radius 1 is 0.958 bits per heavy atom. The molecule has 1 aliphatic carbocycles. The zero-order chi connectivity index (χ0) is 17.2. The van der Waals surface area contributed by atoms with Crippen LogP contribution < -0.4 is 0 Å². The number of hydrogen-bond acceptors (Lipinski definition) is 0. The molecule has 1 aromatic rings. The highest BCUT2D eigenvalue weighted by Crippen LogP contribution is 2.40. The van der Waals surface area contributed by atoms with E-state index >= 15 is 0 Å². The molecule has 1 nitrogen and oxygen atoms in total. The minimum absolute atomic E-state index is 0.133. The van der Waals surface area contributed by atoms with Crippen molar-refractivity contribution in [3.63, 3.8) is 0 Å². The summed E-state index contributed by atoms with van der Waals surface area (Å²) in [6.45, 7) is 10.2. The van der Waals surface area contributed by atoms with Gasteiger partial charge in [-0.25, -0.2) is 0 Å². The topological polar surface area (TPSA) is 3.01 Å². The molecule has 124 valence electrons. The summed E-state index contributed by atoms with van der Waals surface area (Å²) >= 11 is 0. The second kappa shape index (κ2) is 6.76. The molecule has 0 saturated heterocycles. The highest BCUT2D eigenvalue weighted by atomic mass is 15.1. The summed E-state index contributed by atoms with van der Waals surface area (Å²) in [7, 11) is 0. The molecule has 1 heterocycles. The first-order chi connectivity index (χ1) is 11.5. The molecule has 24 heavy (non-hydrogen) atoms. The van der Waals surface area contributed by atoms with E-state index in [9.17, 15) is 0 Å². The minimum atomic E-state index is 0.133. The number of rotatable bonds is 4. The molecule has 1 aromatic carbocycles. The van der Waals surface area contributed by atoms with Crippen LogP contribution in [0.15, 0.2) is 66.3 Å². The molecule has 0 bridgehead atoms.